The Morgan fingerprint density at radius 2 is 1.78 bits per heavy atom. The Kier molecular flexibility index (Phi) is 9.50. The molecule has 2 rings (SSSR count). The van der Waals surface area contributed by atoms with Crippen LogP contribution in [0, 0.1) is 11.3 Å². The summed E-state index contributed by atoms with van der Waals surface area (Å²) in [5, 5.41) is 18.1. The van der Waals surface area contributed by atoms with Crippen LogP contribution in [-0.2, 0) is 14.8 Å². The number of sulfonamides is 1. The van der Waals surface area contributed by atoms with Gasteiger partial charge < -0.3 is 16.0 Å². The highest BCUT2D eigenvalue weighted by Crippen LogP contribution is 2.27. The van der Waals surface area contributed by atoms with Gasteiger partial charge in [0.15, 0.2) is 0 Å². The molecule has 3 N–H and O–H groups in total. The zero-order valence-corrected chi connectivity index (χ0v) is 19.6. The predicted molar refractivity (Wildman–Crippen MR) is 128 cm³/mol. The van der Waals surface area contributed by atoms with Gasteiger partial charge in [-0.05, 0) is 42.8 Å². The monoisotopic (exact) mass is 457 g/mol. The first kappa shape index (κ1) is 25.2. The van der Waals surface area contributed by atoms with Crippen LogP contribution < -0.4 is 16.0 Å². The molecule has 1 amide bonds. The molecule has 0 fully saturated rings. The Morgan fingerprint density at radius 3 is 2.44 bits per heavy atom. The molecule has 32 heavy (non-hydrogen) atoms. The van der Waals surface area contributed by atoms with Crippen molar-refractivity contribution >= 4 is 33.0 Å². The lowest BCUT2D eigenvalue weighted by Gasteiger charge is -2.20. The van der Waals surface area contributed by atoms with Crippen LogP contribution in [0.4, 0.5) is 17.1 Å². The minimum Gasteiger partial charge on any atom is -0.383 e. The summed E-state index contributed by atoms with van der Waals surface area (Å²) in [6.45, 7) is 7.12. The molecule has 0 aromatic heterocycles. The fourth-order valence-corrected chi connectivity index (χ4v) is 4.63. The number of nitriles is 1. The number of amides is 1. The smallest absolute Gasteiger partial charge is 0.243 e. The third-order valence-corrected chi connectivity index (χ3v) is 6.94. The van der Waals surface area contributed by atoms with Gasteiger partial charge in [0.25, 0.3) is 0 Å². The molecule has 0 spiro atoms. The van der Waals surface area contributed by atoms with Crippen molar-refractivity contribution in [1.82, 2.24) is 4.31 Å². The largest absolute Gasteiger partial charge is 0.383 e. The SMILES string of the molecule is CCCCNc1ccc(S(=O)(=O)N(CC)CC)cc1NCC(=O)Nc1cccc(C#N)c1. The number of anilines is 3. The van der Waals surface area contributed by atoms with E-state index in [1.165, 1.54) is 4.31 Å². The van der Waals surface area contributed by atoms with E-state index in [4.69, 9.17) is 5.26 Å². The van der Waals surface area contributed by atoms with E-state index in [0.29, 0.717) is 30.0 Å². The van der Waals surface area contributed by atoms with E-state index >= 15 is 0 Å². The van der Waals surface area contributed by atoms with Crippen LogP contribution in [0.25, 0.3) is 0 Å². The van der Waals surface area contributed by atoms with Crippen LogP contribution >= 0.6 is 0 Å². The highest BCUT2D eigenvalue weighted by molar-refractivity contribution is 7.89. The maximum absolute atomic E-state index is 12.9. The molecule has 0 saturated carbocycles. The van der Waals surface area contributed by atoms with E-state index < -0.39 is 10.0 Å². The van der Waals surface area contributed by atoms with Crippen LogP contribution in [0.5, 0.6) is 0 Å². The summed E-state index contributed by atoms with van der Waals surface area (Å²) in [4.78, 5) is 12.6. The first-order chi connectivity index (χ1) is 15.3. The highest BCUT2D eigenvalue weighted by Gasteiger charge is 2.22. The van der Waals surface area contributed by atoms with E-state index in [-0.39, 0.29) is 17.3 Å². The van der Waals surface area contributed by atoms with Crippen LogP contribution in [0.1, 0.15) is 39.2 Å². The Morgan fingerprint density at radius 1 is 1.03 bits per heavy atom. The van der Waals surface area contributed by atoms with Gasteiger partial charge in [-0.1, -0.05) is 33.3 Å². The molecule has 0 unspecified atom stereocenters. The van der Waals surface area contributed by atoms with E-state index in [2.05, 4.69) is 22.9 Å². The Bertz CT molecular complexity index is 1060. The second kappa shape index (κ2) is 12.1. The Labute approximate surface area is 190 Å². The minimum absolute atomic E-state index is 0.0615. The second-order valence-electron chi connectivity index (χ2n) is 7.17. The van der Waals surface area contributed by atoms with Gasteiger partial charge >= 0.3 is 0 Å². The summed E-state index contributed by atoms with van der Waals surface area (Å²) < 4.78 is 27.3. The molecule has 0 aliphatic rings. The van der Waals surface area contributed by atoms with Gasteiger partial charge in [-0.25, -0.2) is 8.42 Å². The van der Waals surface area contributed by atoms with Crippen LogP contribution in [0.15, 0.2) is 47.4 Å². The van der Waals surface area contributed by atoms with E-state index in [9.17, 15) is 13.2 Å². The van der Waals surface area contributed by atoms with E-state index in [0.717, 1.165) is 25.1 Å². The fourth-order valence-electron chi connectivity index (χ4n) is 3.14. The van der Waals surface area contributed by atoms with Crippen molar-refractivity contribution in [3.63, 3.8) is 0 Å². The van der Waals surface area contributed by atoms with Crippen molar-refractivity contribution < 1.29 is 13.2 Å². The summed E-state index contributed by atoms with van der Waals surface area (Å²) in [5.41, 5.74) is 2.24. The lowest BCUT2D eigenvalue weighted by Crippen LogP contribution is -2.30. The van der Waals surface area contributed by atoms with Crippen molar-refractivity contribution in [2.45, 2.75) is 38.5 Å². The third kappa shape index (κ3) is 6.70. The molecule has 0 saturated heterocycles. The Hall–Kier alpha value is -3.09. The highest BCUT2D eigenvalue weighted by atomic mass is 32.2. The summed E-state index contributed by atoms with van der Waals surface area (Å²) in [6.07, 6.45) is 1.99. The van der Waals surface area contributed by atoms with Crippen LogP contribution in [0.3, 0.4) is 0 Å². The minimum atomic E-state index is -3.63. The molecular weight excluding hydrogens is 426 g/mol. The van der Waals surface area contributed by atoms with Crippen LogP contribution in [0.2, 0.25) is 0 Å². The van der Waals surface area contributed by atoms with Crippen molar-refractivity contribution in [2.24, 2.45) is 0 Å². The normalized spacial score (nSPS) is 11.1. The number of nitrogens with zero attached hydrogens (tertiary/aromatic N) is 2. The molecule has 9 heteroatoms. The average Bonchev–Trinajstić information content (AvgIpc) is 2.79. The van der Waals surface area contributed by atoms with Gasteiger partial charge in [0.2, 0.25) is 15.9 Å². The number of benzene rings is 2. The standard InChI is InChI=1S/C23H31N5O3S/c1-4-7-13-25-21-12-11-20(32(30,31)28(5-2)6-3)15-22(21)26-17-23(29)27-19-10-8-9-18(14-19)16-24/h8-12,14-15,25-26H,4-7,13,17H2,1-3H3,(H,27,29). The lowest BCUT2D eigenvalue weighted by atomic mass is 10.2. The molecule has 2 aromatic carbocycles. The molecule has 0 radical (unpaired) electrons. The van der Waals surface area contributed by atoms with Gasteiger partial charge in [0, 0.05) is 25.3 Å². The van der Waals surface area contributed by atoms with Gasteiger partial charge in [-0.2, -0.15) is 9.57 Å². The van der Waals surface area contributed by atoms with Crippen molar-refractivity contribution in [3.8, 4) is 6.07 Å². The first-order valence-corrected chi connectivity index (χ1v) is 12.2. The van der Waals surface area contributed by atoms with Gasteiger partial charge in [0.1, 0.15) is 0 Å². The van der Waals surface area contributed by atoms with Crippen LogP contribution in [-0.4, -0.2) is 44.8 Å². The quantitative estimate of drug-likeness (QED) is 0.417. The number of carbonyl (C=O) groups excluding carboxylic acids is 1. The average molecular weight is 458 g/mol. The van der Waals surface area contributed by atoms with Gasteiger partial charge in [-0.15, -0.1) is 0 Å². The molecule has 0 bridgehead atoms. The molecule has 0 aliphatic carbocycles. The van der Waals surface area contributed by atoms with Gasteiger partial charge in [-0.3, -0.25) is 4.79 Å². The van der Waals surface area contributed by atoms with E-state index in [1.807, 2.05) is 6.07 Å². The summed E-state index contributed by atoms with van der Waals surface area (Å²) in [6, 6.07) is 13.5. The Balaban J connectivity index is 2.21. The lowest BCUT2D eigenvalue weighted by molar-refractivity contribution is -0.114. The second-order valence-corrected chi connectivity index (χ2v) is 9.11. The van der Waals surface area contributed by atoms with Gasteiger partial charge in [0.05, 0.1) is 34.4 Å². The topological polar surface area (TPSA) is 114 Å². The zero-order valence-electron chi connectivity index (χ0n) is 18.8. The molecule has 0 atom stereocenters. The fraction of sp³-hybridized carbons (Fsp3) is 0.391. The maximum atomic E-state index is 12.9. The molecule has 172 valence electrons. The number of carbonyl (C=O) groups is 1. The first-order valence-electron chi connectivity index (χ1n) is 10.8. The zero-order chi connectivity index (χ0) is 23.6. The number of unbranched alkanes of at least 4 members (excludes halogenated alkanes) is 1. The molecule has 0 heterocycles. The number of hydrogen-bond donors (Lipinski definition) is 3. The number of nitrogens with one attached hydrogen (secondary N) is 3. The maximum Gasteiger partial charge on any atom is 0.243 e. The molecule has 8 nitrogen and oxygen atoms in total. The predicted octanol–water partition coefficient (Wildman–Crippen LogP) is 3.85. The van der Waals surface area contributed by atoms with Crippen molar-refractivity contribution in [2.75, 3.05) is 42.1 Å². The summed E-state index contributed by atoms with van der Waals surface area (Å²) in [5.74, 6) is -0.309. The van der Waals surface area contributed by atoms with E-state index in [1.54, 1.807) is 56.3 Å². The van der Waals surface area contributed by atoms with Crippen molar-refractivity contribution in [3.05, 3.63) is 48.0 Å². The molecule has 2 aromatic rings. The van der Waals surface area contributed by atoms with Crippen molar-refractivity contribution in [1.29, 1.82) is 5.26 Å². The number of rotatable bonds is 12. The molecule has 0 aliphatic heterocycles. The summed E-state index contributed by atoms with van der Waals surface area (Å²) >= 11 is 0. The number of hydrogen-bond acceptors (Lipinski definition) is 6. The molecular formula is C23H31N5O3S. The summed E-state index contributed by atoms with van der Waals surface area (Å²) in [7, 11) is -3.63. The third-order valence-electron chi connectivity index (χ3n) is 4.89.